The van der Waals surface area contributed by atoms with E-state index in [0.29, 0.717) is 5.69 Å². The van der Waals surface area contributed by atoms with Crippen LogP contribution in [0.25, 0.3) is 0 Å². The number of nitrogens with zero attached hydrogens (tertiary/aromatic N) is 3. The molecule has 0 aliphatic carbocycles. The average molecular weight is 251 g/mol. The van der Waals surface area contributed by atoms with E-state index in [1.54, 1.807) is 17.1 Å². The quantitative estimate of drug-likeness (QED) is 0.850. The molecule has 1 aliphatic rings. The van der Waals surface area contributed by atoms with Crippen molar-refractivity contribution in [3.63, 3.8) is 0 Å². The van der Waals surface area contributed by atoms with E-state index in [-0.39, 0.29) is 18.9 Å². The number of carbonyl (C=O) groups is 2. The molecule has 1 fully saturated rings. The number of aliphatic carboxylic acids is 1. The van der Waals surface area contributed by atoms with E-state index in [2.05, 4.69) is 12.0 Å². The second-order valence-corrected chi connectivity index (χ2v) is 4.56. The van der Waals surface area contributed by atoms with Crippen molar-refractivity contribution in [1.29, 1.82) is 0 Å². The SMILES string of the molecule is CCCCn1cc(N2C[C@H](C(=O)O)CC2=O)cn1. The number of hydrogen-bond donors (Lipinski definition) is 1. The highest BCUT2D eigenvalue weighted by molar-refractivity contribution is 5.98. The number of unbranched alkanes of at least 4 members (excludes halogenated alkanes) is 1. The molecule has 0 spiro atoms. The molecule has 0 saturated carbocycles. The monoisotopic (exact) mass is 251 g/mol. The number of amides is 1. The van der Waals surface area contributed by atoms with Gasteiger partial charge in [-0.25, -0.2) is 0 Å². The van der Waals surface area contributed by atoms with Crippen LogP contribution in [-0.2, 0) is 16.1 Å². The highest BCUT2D eigenvalue weighted by Crippen LogP contribution is 2.24. The standard InChI is InChI=1S/C12H17N3O3/c1-2-3-4-14-8-10(6-13-14)15-7-9(12(17)18)5-11(15)16/h6,8-9H,2-5,7H2,1H3,(H,17,18)/t9-/m1/s1. The van der Waals surface area contributed by atoms with Crippen LogP contribution >= 0.6 is 0 Å². The Bertz CT molecular complexity index is 455. The van der Waals surface area contributed by atoms with E-state index in [4.69, 9.17) is 5.11 Å². The summed E-state index contributed by atoms with van der Waals surface area (Å²) in [6.07, 6.45) is 5.62. The lowest BCUT2D eigenvalue weighted by molar-refractivity contribution is -0.141. The first-order chi connectivity index (χ1) is 8.61. The molecule has 6 nitrogen and oxygen atoms in total. The molecule has 0 unspecified atom stereocenters. The van der Waals surface area contributed by atoms with Gasteiger partial charge in [-0.05, 0) is 6.42 Å². The summed E-state index contributed by atoms with van der Waals surface area (Å²) in [4.78, 5) is 24.1. The van der Waals surface area contributed by atoms with Crippen molar-refractivity contribution in [3.05, 3.63) is 12.4 Å². The first kappa shape index (κ1) is 12.6. The summed E-state index contributed by atoms with van der Waals surface area (Å²) in [7, 11) is 0. The van der Waals surface area contributed by atoms with Gasteiger partial charge in [-0.1, -0.05) is 13.3 Å². The largest absolute Gasteiger partial charge is 0.481 e. The van der Waals surface area contributed by atoms with E-state index in [0.717, 1.165) is 19.4 Å². The van der Waals surface area contributed by atoms with E-state index >= 15 is 0 Å². The third-order valence-corrected chi connectivity index (χ3v) is 3.15. The van der Waals surface area contributed by atoms with Crippen molar-refractivity contribution < 1.29 is 14.7 Å². The van der Waals surface area contributed by atoms with Crippen molar-refractivity contribution in [2.24, 2.45) is 5.92 Å². The number of aromatic nitrogens is 2. The fourth-order valence-corrected chi connectivity index (χ4v) is 2.06. The van der Waals surface area contributed by atoms with Gasteiger partial charge in [0, 0.05) is 25.7 Å². The van der Waals surface area contributed by atoms with Gasteiger partial charge < -0.3 is 10.0 Å². The molecule has 1 atom stereocenters. The van der Waals surface area contributed by atoms with Crippen molar-refractivity contribution in [2.75, 3.05) is 11.4 Å². The Labute approximate surface area is 105 Å². The zero-order chi connectivity index (χ0) is 13.1. The Balaban J connectivity index is 2.05. The topological polar surface area (TPSA) is 75.4 Å². The molecule has 0 bridgehead atoms. The molecule has 6 heteroatoms. The first-order valence-corrected chi connectivity index (χ1v) is 6.17. The molecule has 1 saturated heterocycles. The van der Waals surface area contributed by atoms with Gasteiger partial charge in [-0.3, -0.25) is 14.3 Å². The minimum Gasteiger partial charge on any atom is -0.481 e. The maximum Gasteiger partial charge on any atom is 0.308 e. The van der Waals surface area contributed by atoms with Crippen LogP contribution in [-0.4, -0.2) is 33.3 Å². The maximum atomic E-state index is 11.7. The third-order valence-electron chi connectivity index (χ3n) is 3.15. The lowest BCUT2D eigenvalue weighted by Gasteiger charge is -2.12. The molecule has 98 valence electrons. The second kappa shape index (κ2) is 5.20. The van der Waals surface area contributed by atoms with Gasteiger partial charge in [0.05, 0.1) is 17.8 Å². The fraction of sp³-hybridized carbons (Fsp3) is 0.583. The lowest BCUT2D eigenvalue weighted by Crippen LogP contribution is -2.25. The molecule has 1 aliphatic heterocycles. The van der Waals surface area contributed by atoms with Crippen LogP contribution in [0.1, 0.15) is 26.2 Å². The number of aryl methyl sites for hydroxylation is 1. The Hall–Kier alpha value is -1.85. The van der Waals surface area contributed by atoms with Crippen LogP contribution in [0.15, 0.2) is 12.4 Å². The van der Waals surface area contributed by atoms with E-state index < -0.39 is 11.9 Å². The summed E-state index contributed by atoms with van der Waals surface area (Å²) >= 11 is 0. The molecule has 2 heterocycles. The van der Waals surface area contributed by atoms with Gasteiger partial charge in [0.2, 0.25) is 5.91 Å². The van der Waals surface area contributed by atoms with Crippen molar-refractivity contribution in [3.8, 4) is 0 Å². The second-order valence-electron chi connectivity index (χ2n) is 4.56. The summed E-state index contributed by atoms with van der Waals surface area (Å²) in [5.74, 6) is -1.65. The average Bonchev–Trinajstić information content (AvgIpc) is 2.92. The molecule has 0 aromatic carbocycles. The summed E-state index contributed by atoms with van der Waals surface area (Å²) in [6, 6.07) is 0. The summed E-state index contributed by atoms with van der Waals surface area (Å²) < 4.78 is 1.79. The Kier molecular flexibility index (Phi) is 3.64. The van der Waals surface area contributed by atoms with Crippen LogP contribution in [0, 0.1) is 5.92 Å². The number of carbonyl (C=O) groups excluding carboxylic acids is 1. The third kappa shape index (κ3) is 2.52. The molecular formula is C12H17N3O3. The Morgan fingerprint density at radius 3 is 3.00 bits per heavy atom. The Morgan fingerprint density at radius 1 is 1.61 bits per heavy atom. The van der Waals surface area contributed by atoms with Crippen LogP contribution in [0.4, 0.5) is 5.69 Å². The minimum absolute atomic E-state index is 0.0788. The molecular weight excluding hydrogens is 234 g/mol. The predicted octanol–water partition coefficient (Wildman–Crippen LogP) is 1.12. The van der Waals surface area contributed by atoms with Gasteiger partial charge in [-0.2, -0.15) is 5.10 Å². The van der Waals surface area contributed by atoms with Gasteiger partial charge in [-0.15, -0.1) is 0 Å². The summed E-state index contributed by atoms with van der Waals surface area (Å²) in [5, 5.41) is 13.1. The molecule has 1 amide bonds. The van der Waals surface area contributed by atoms with Gasteiger partial charge in [0.1, 0.15) is 0 Å². The fourth-order valence-electron chi connectivity index (χ4n) is 2.06. The molecule has 1 aromatic rings. The van der Waals surface area contributed by atoms with Gasteiger partial charge >= 0.3 is 5.97 Å². The van der Waals surface area contributed by atoms with Crippen LogP contribution in [0.2, 0.25) is 0 Å². The summed E-state index contributed by atoms with van der Waals surface area (Å²) in [5.41, 5.74) is 0.694. The minimum atomic E-state index is -0.913. The van der Waals surface area contributed by atoms with Crippen LogP contribution in [0.5, 0.6) is 0 Å². The molecule has 18 heavy (non-hydrogen) atoms. The Morgan fingerprint density at radius 2 is 2.39 bits per heavy atom. The summed E-state index contributed by atoms with van der Waals surface area (Å²) in [6.45, 7) is 3.17. The number of carboxylic acid groups (broad SMARTS) is 1. The highest BCUT2D eigenvalue weighted by atomic mass is 16.4. The first-order valence-electron chi connectivity index (χ1n) is 6.17. The molecule has 1 N–H and O–H groups in total. The van der Waals surface area contributed by atoms with Crippen molar-refractivity contribution >= 4 is 17.6 Å². The van der Waals surface area contributed by atoms with Gasteiger partial charge in [0.15, 0.2) is 0 Å². The number of carboxylic acids is 1. The highest BCUT2D eigenvalue weighted by Gasteiger charge is 2.35. The smallest absolute Gasteiger partial charge is 0.308 e. The molecule has 1 aromatic heterocycles. The zero-order valence-corrected chi connectivity index (χ0v) is 10.4. The normalized spacial score (nSPS) is 19.5. The van der Waals surface area contributed by atoms with E-state index in [1.165, 1.54) is 4.90 Å². The van der Waals surface area contributed by atoms with Crippen molar-refractivity contribution in [2.45, 2.75) is 32.7 Å². The molecule has 2 rings (SSSR count). The number of hydrogen-bond acceptors (Lipinski definition) is 3. The zero-order valence-electron chi connectivity index (χ0n) is 10.4. The maximum absolute atomic E-state index is 11.7. The van der Waals surface area contributed by atoms with Crippen LogP contribution < -0.4 is 4.90 Å². The van der Waals surface area contributed by atoms with E-state index in [1.807, 2.05) is 0 Å². The van der Waals surface area contributed by atoms with Crippen LogP contribution in [0.3, 0.4) is 0 Å². The van der Waals surface area contributed by atoms with Crippen molar-refractivity contribution in [1.82, 2.24) is 9.78 Å². The number of anilines is 1. The predicted molar refractivity (Wildman–Crippen MR) is 65.2 cm³/mol. The van der Waals surface area contributed by atoms with Gasteiger partial charge in [0.25, 0.3) is 0 Å². The van der Waals surface area contributed by atoms with E-state index in [9.17, 15) is 9.59 Å². The number of rotatable bonds is 5. The lowest BCUT2D eigenvalue weighted by atomic mass is 10.1. The molecule has 0 radical (unpaired) electrons.